The molecule has 1 aliphatic rings. The number of anilines is 2. The van der Waals surface area contributed by atoms with Crippen LogP contribution in [0.25, 0.3) is 0 Å². The van der Waals surface area contributed by atoms with E-state index in [-0.39, 0.29) is 17.3 Å². The van der Waals surface area contributed by atoms with Crippen molar-refractivity contribution in [3.05, 3.63) is 18.2 Å². The summed E-state index contributed by atoms with van der Waals surface area (Å²) in [4.78, 5) is 14.1. The van der Waals surface area contributed by atoms with E-state index in [9.17, 15) is 13.2 Å². The molecule has 1 aromatic rings. The first kappa shape index (κ1) is 18.7. The highest BCUT2D eigenvalue weighted by Gasteiger charge is 2.22. The van der Waals surface area contributed by atoms with Crippen LogP contribution in [0.2, 0.25) is 0 Å². The smallest absolute Gasteiger partial charge is 0.242 e. The van der Waals surface area contributed by atoms with Crippen LogP contribution < -0.4 is 15.5 Å². The van der Waals surface area contributed by atoms with Crippen LogP contribution in [0.5, 0.6) is 0 Å². The van der Waals surface area contributed by atoms with Gasteiger partial charge >= 0.3 is 0 Å². The van der Waals surface area contributed by atoms with Crippen LogP contribution >= 0.6 is 0 Å². The third kappa shape index (κ3) is 4.68. The molecule has 2 N–H and O–H groups in total. The van der Waals surface area contributed by atoms with Gasteiger partial charge in [0.05, 0.1) is 22.8 Å². The molecule has 2 rings (SSSR count). The quantitative estimate of drug-likeness (QED) is 0.726. The van der Waals surface area contributed by atoms with Crippen LogP contribution in [0.4, 0.5) is 11.4 Å². The Morgan fingerprint density at radius 2 is 1.88 bits per heavy atom. The van der Waals surface area contributed by atoms with E-state index in [1.165, 1.54) is 33.0 Å². The predicted octanol–water partition coefficient (Wildman–Crippen LogP) is 0.941. The third-order valence-electron chi connectivity index (χ3n) is 3.92. The van der Waals surface area contributed by atoms with E-state index in [1.807, 2.05) is 19.0 Å². The first-order chi connectivity index (χ1) is 11.2. The standard InChI is InChI=1S/C16H26N4O3S/c1-19(2)15-8-7-13(24(22,23)20(3)4)9-14(15)18-16(21)11-17-10-12-5-6-12/h7-9,12,17H,5-6,10-11H2,1-4H3,(H,18,21). The third-order valence-corrected chi connectivity index (χ3v) is 5.73. The van der Waals surface area contributed by atoms with E-state index >= 15 is 0 Å². The molecular formula is C16H26N4O3S. The summed E-state index contributed by atoms with van der Waals surface area (Å²) in [5.41, 5.74) is 1.24. The zero-order chi connectivity index (χ0) is 17.9. The Kier molecular flexibility index (Phi) is 5.84. The van der Waals surface area contributed by atoms with E-state index in [2.05, 4.69) is 10.6 Å². The zero-order valence-corrected chi connectivity index (χ0v) is 15.5. The van der Waals surface area contributed by atoms with E-state index in [4.69, 9.17) is 0 Å². The average Bonchev–Trinajstić information content (AvgIpc) is 3.30. The number of nitrogens with one attached hydrogen (secondary N) is 2. The highest BCUT2D eigenvalue weighted by atomic mass is 32.2. The Morgan fingerprint density at radius 3 is 2.42 bits per heavy atom. The molecule has 0 bridgehead atoms. The minimum absolute atomic E-state index is 0.152. The van der Waals surface area contributed by atoms with Gasteiger partial charge in [-0.15, -0.1) is 0 Å². The van der Waals surface area contributed by atoms with Gasteiger partial charge in [0.15, 0.2) is 0 Å². The normalized spacial score (nSPS) is 14.7. The highest BCUT2D eigenvalue weighted by Crippen LogP contribution is 2.29. The molecule has 7 nitrogen and oxygen atoms in total. The number of nitrogens with zero attached hydrogens (tertiary/aromatic N) is 2. The largest absolute Gasteiger partial charge is 0.376 e. The number of carbonyl (C=O) groups is 1. The molecule has 0 atom stereocenters. The number of benzene rings is 1. The van der Waals surface area contributed by atoms with E-state index in [1.54, 1.807) is 12.1 Å². The van der Waals surface area contributed by atoms with E-state index < -0.39 is 10.0 Å². The maximum absolute atomic E-state index is 12.3. The molecule has 0 aromatic heterocycles. The van der Waals surface area contributed by atoms with Crippen molar-refractivity contribution >= 4 is 27.3 Å². The average molecular weight is 354 g/mol. The molecule has 0 heterocycles. The second-order valence-electron chi connectivity index (χ2n) is 6.48. The van der Waals surface area contributed by atoms with Crippen LogP contribution in [0.1, 0.15) is 12.8 Å². The molecule has 8 heteroatoms. The molecule has 1 amide bonds. The van der Waals surface area contributed by atoms with Crippen molar-refractivity contribution in [3.63, 3.8) is 0 Å². The molecule has 0 saturated heterocycles. The van der Waals surface area contributed by atoms with Gasteiger partial charge in [0.25, 0.3) is 0 Å². The van der Waals surface area contributed by atoms with Crippen molar-refractivity contribution in [3.8, 4) is 0 Å². The summed E-state index contributed by atoms with van der Waals surface area (Å²) >= 11 is 0. The first-order valence-electron chi connectivity index (χ1n) is 7.96. The van der Waals surface area contributed by atoms with Crippen molar-refractivity contribution in [1.82, 2.24) is 9.62 Å². The van der Waals surface area contributed by atoms with Crippen LogP contribution in [-0.4, -0.2) is 59.9 Å². The molecule has 0 spiro atoms. The molecule has 134 valence electrons. The summed E-state index contributed by atoms with van der Waals surface area (Å²) in [6.45, 7) is 1.07. The lowest BCUT2D eigenvalue weighted by molar-refractivity contribution is -0.115. The number of hydrogen-bond acceptors (Lipinski definition) is 5. The van der Waals surface area contributed by atoms with Gasteiger partial charge in [0.2, 0.25) is 15.9 Å². The predicted molar refractivity (Wildman–Crippen MR) is 95.9 cm³/mol. The summed E-state index contributed by atoms with van der Waals surface area (Å²) in [7, 11) is 3.10. The van der Waals surface area contributed by atoms with Crippen molar-refractivity contribution in [2.45, 2.75) is 17.7 Å². The lowest BCUT2D eigenvalue weighted by Gasteiger charge is -2.20. The summed E-state index contributed by atoms with van der Waals surface area (Å²) in [5, 5.41) is 5.94. The highest BCUT2D eigenvalue weighted by molar-refractivity contribution is 7.89. The summed E-state index contributed by atoms with van der Waals surface area (Å²) < 4.78 is 25.7. The molecule has 1 fully saturated rings. The van der Waals surface area contributed by atoms with E-state index in [0.717, 1.165) is 16.5 Å². The second kappa shape index (κ2) is 7.50. The summed E-state index contributed by atoms with van der Waals surface area (Å²) in [5.74, 6) is 0.516. The van der Waals surface area contributed by atoms with Crippen molar-refractivity contribution < 1.29 is 13.2 Å². The van der Waals surface area contributed by atoms with Gasteiger partial charge in [0, 0.05) is 28.2 Å². The zero-order valence-electron chi connectivity index (χ0n) is 14.7. The monoisotopic (exact) mass is 354 g/mol. The molecule has 1 aliphatic carbocycles. The van der Waals surface area contributed by atoms with Gasteiger partial charge in [-0.1, -0.05) is 0 Å². The Balaban J connectivity index is 2.16. The van der Waals surface area contributed by atoms with Crippen molar-refractivity contribution in [2.24, 2.45) is 5.92 Å². The van der Waals surface area contributed by atoms with Gasteiger partial charge in [-0.3, -0.25) is 4.79 Å². The Labute approximate surface area is 144 Å². The fraction of sp³-hybridized carbons (Fsp3) is 0.562. The number of hydrogen-bond donors (Lipinski definition) is 2. The topological polar surface area (TPSA) is 81.8 Å². The maximum atomic E-state index is 12.3. The molecule has 1 aromatic carbocycles. The number of carbonyl (C=O) groups excluding carboxylic acids is 1. The fourth-order valence-electron chi connectivity index (χ4n) is 2.28. The van der Waals surface area contributed by atoms with Crippen LogP contribution in [0.15, 0.2) is 23.1 Å². The molecule has 0 unspecified atom stereocenters. The van der Waals surface area contributed by atoms with Gasteiger partial charge < -0.3 is 15.5 Å². The molecule has 0 aliphatic heterocycles. The SMILES string of the molecule is CN(C)c1ccc(S(=O)(=O)N(C)C)cc1NC(=O)CNCC1CC1. The van der Waals surface area contributed by atoms with Crippen LogP contribution in [0.3, 0.4) is 0 Å². The fourth-order valence-corrected chi connectivity index (χ4v) is 3.21. The molecule has 0 radical (unpaired) electrons. The Morgan fingerprint density at radius 1 is 1.21 bits per heavy atom. The van der Waals surface area contributed by atoms with Gasteiger partial charge in [-0.05, 0) is 43.5 Å². The van der Waals surface area contributed by atoms with Crippen LogP contribution in [-0.2, 0) is 14.8 Å². The summed E-state index contributed by atoms with van der Waals surface area (Å²) in [6.07, 6.45) is 2.45. The number of rotatable bonds is 8. The number of sulfonamides is 1. The maximum Gasteiger partial charge on any atom is 0.242 e. The second-order valence-corrected chi connectivity index (χ2v) is 8.64. The first-order valence-corrected chi connectivity index (χ1v) is 9.40. The number of amides is 1. The lowest BCUT2D eigenvalue weighted by atomic mass is 10.2. The lowest BCUT2D eigenvalue weighted by Crippen LogP contribution is -2.30. The Hall–Kier alpha value is -1.64. The molecular weight excluding hydrogens is 328 g/mol. The minimum atomic E-state index is -3.55. The van der Waals surface area contributed by atoms with Crippen LogP contribution in [0, 0.1) is 5.92 Å². The van der Waals surface area contributed by atoms with Crippen molar-refractivity contribution in [2.75, 3.05) is 51.5 Å². The van der Waals surface area contributed by atoms with E-state index in [0.29, 0.717) is 11.6 Å². The van der Waals surface area contributed by atoms with Gasteiger partial charge in [0.1, 0.15) is 0 Å². The molecule has 1 saturated carbocycles. The molecule has 24 heavy (non-hydrogen) atoms. The minimum Gasteiger partial charge on any atom is -0.376 e. The van der Waals surface area contributed by atoms with Gasteiger partial charge in [-0.25, -0.2) is 12.7 Å². The summed E-state index contributed by atoms with van der Waals surface area (Å²) in [6, 6.07) is 4.75. The van der Waals surface area contributed by atoms with Gasteiger partial charge in [-0.2, -0.15) is 0 Å². The van der Waals surface area contributed by atoms with Crippen molar-refractivity contribution in [1.29, 1.82) is 0 Å². The Bertz CT molecular complexity index is 697.